The van der Waals surface area contributed by atoms with Crippen LogP contribution >= 0.6 is 0 Å². The van der Waals surface area contributed by atoms with Crippen molar-refractivity contribution < 1.29 is 17.6 Å². The maximum Gasteiger partial charge on any atom is 0.256 e. The highest BCUT2D eigenvalue weighted by molar-refractivity contribution is 7.89. The number of rotatable bonds is 3. The molecule has 2 heterocycles. The molecule has 0 saturated carbocycles. The minimum Gasteiger partial charge on any atom is -0.336 e. The van der Waals surface area contributed by atoms with E-state index in [2.05, 4.69) is 9.97 Å². The van der Waals surface area contributed by atoms with E-state index < -0.39 is 15.8 Å². The number of fused-ring (bicyclic) bond motifs is 1. The Kier molecular flexibility index (Phi) is 5.72. The number of carbonyl (C=O) groups excluding carboxylic acids is 1. The summed E-state index contributed by atoms with van der Waals surface area (Å²) in [5.41, 5.74) is 4.12. The molecule has 0 radical (unpaired) electrons. The third-order valence-electron chi connectivity index (χ3n) is 6.19. The Bertz CT molecular complexity index is 1310. The molecule has 32 heavy (non-hydrogen) atoms. The van der Waals surface area contributed by atoms with Crippen molar-refractivity contribution in [2.24, 2.45) is 0 Å². The van der Waals surface area contributed by atoms with Gasteiger partial charge in [-0.1, -0.05) is 6.07 Å². The SMILES string of the molecule is Cc1cc(C)c(C)c(S(=O)(=O)N2CCN(C(=O)c3cc(F)cc4nccnc34)CC2)c1C. The summed E-state index contributed by atoms with van der Waals surface area (Å²) in [4.78, 5) is 23.3. The first-order chi connectivity index (χ1) is 15.1. The van der Waals surface area contributed by atoms with Crippen molar-refractivity contribution in [1.82, 2.24) is 19.2 Å². The molecule has 7 nitrogen and oxygen atoms in total. The summed E-state index contributed by atoms with van der Waals surface area (Å²) in [6, 6.07) is 4.38. The van der Waals surface area contributed by atoms with Gasteiger partial charge in [0.1, 0.15) is 11.3 Å². The van der Waals surface area contributed by atoms with E-state index in [0.717, 1.165) is 28.3 Å². The predicted octanol–water partition coefficient (Wildman–Crippen LogP) is 3.15. The molecule has 1 aliphatic rings. The van der Waals surface area contributed by atoms with Gasteiger partial charge >= 0.3 is 0 Å². The normalized spacial score (nSPS) is 15.3. The van der Waals surface area contributed by atoms with Crippen LogP contribution < -0.4 is 0 Å². The molecule has 2 aromatic carbocycles. The number of benzene rings is 2. The average Bonchev–Trinajstić information content (AvgIpc) is 2.76. The summed E-state index contributed by atoms with van der Waals surface area (Å²) >= 11 is 0. The topological polar surface area (TPSA) is 83.5 Å². The number of aromatic nitrogens is 2. The lowest BCUT2D eigenvalue weighted by molar-refractivity contribution is 0.0699. The van der Waals surface area contributed by atoms with Crippen molar-refractivity contribution >= 4 is 27.0 Å². The smallest absolute Gasteiger partial charge is 0.256 e. The monoisotopic (exact) mass is 456 g/mol. The van der Waals surface area contributed by atoms with Gasteiger partial charge in [0.2, 0.25) is 10.0 Å². The highest BCUT2D eigenvalue weighted by atomic mass is 32.2. The first-order valence-electron chi connectivity index (χ1n) is 10.4. The zero-order valence-corrected chi connectivity index (χ0v) is 19.3. The van der Waals surface area contributed by atoms with Gasteiger partial charge in [-0.05, 0) is 56.0 Å². The maximum atomic E-state index is 14.0. The lowest BCUT2D eigenvalue weighted by Crippen LogP contribution is -2.50. The van der Waals surface area contributed by atoms with E-state index in [-0.39, 0.29) is 37.6 Å². The van der Waals surface area contributed by atoms with Crippen molar-refractivity contribution in [1.29, 1.82) is 0 Å². The minimum absolute atomic E-state index is 0.130. The van der Waals surface area contributed by atoms with Crippen molar-refractivity contribution in [3.05, 3.63) is 64.2 Å². The number of hydrogen-bond acceptors (Lipinski definition) is 5. The Morgan fingerprint density at radius 3 is 2.12 bits per heavy atom. The third kappa shape index (κ3) is 3.75. The van der Waals surface area contributed by atoms with Crippen LogP contribution in [0.4, 0.5) is 4.39 Å². The molecular formula is C23H25FN4O3S. The van der Waals surface area contributed by atoms with E-state index in [9.17, 15) is 17.6 Å². The van der Waals surface area contributed by atoms with E-state index in [1.165, 1.54) is 27.7 Å². The molecule has 1 amide bonds. The van der Waals surface area contributed by atoms with Gasteiger partial charge in [-0.25, -0.2) is 12.8 Å². The molecule has 3 aromatic rings. The van der Waals surface area contributed by atoms with Crippen LogP contribution in [0.3, 0.4) is 0 Å². The number of aryl methyl sites for hydroxylation is 2. The molecule has 1 saturated heterocycles. The van der Waals surface area contributed by atoms with E-state index >= 15 is 0 Å². The number of sulfonamides is 1. The second-order valence-corrected chi connectivity index (χ2v) is 10.0. The third-order valence-corrected chi connectivity index (χ3v) is 8.36. The molecule has 168 valence electrons. The van der Waals surface area contributed by atoms with Crippen LogP contribution in [0.1, 0.15) is 32.6 Å². The number of amides is 1. The van der Waals surface area contributed by atoms with Crippen LogP contribution in [0.5, 0.6) is 0 Å². The molecule has 0 N–H and O–H groups in total. The molecule has 9 heteroatoms. The van der Waals surface area contributed by atoms with Gasteiger partial charge in [0.15, 0.2) is 0 Å². The fourth-order valence-electron chi connectivity index (χ4n) is 4.20. The zero-order valence-electron chi connectivity index (χ0n) is 18.5. The number of nitrogens with zero attached hydrogens (tertiary/aromatic N) is 4. The van der Waals surface area contributed by atoms with Crippen LogP contribution in [-0.4, -0.2) is 59.7 Å². The molecule has 0 aliphatic carbocycles. The first-order valence-corrected chi connectivity index (χ1v) is 11.8. The molecule has 0 bridgehead atoms. The van der Waals surface area contributed by atoms with Crippen LogP contribution in [0, 0.1) is 33.5 Å². The second-order valence-electron chi connectivity index (χ2n) is 8.16. The van der Waals surface area contributed by atoms with Gasteiger partial charge in [-0.2, -0.15) is 4.31 Å². The van der Waals surface area contributed by atoms with Gasteiger partial charge in [-0.3, -0.25) is 14.8 Å². The van der Waals surface area contributed by atoms with Crippen molar-refractivity contribution in [3.63, 3.8) is 0 Å². The summed E-state index contributed by atoms with van der Waals surface area (Å²) in [5, 5.41) is 0. The van der Waals surface area contributed by atoms with Gasteiger partial charge in [0, 0.05) is 44.6 Å². The second kappa shape index (κ2) is 8.22. The number of halogens is 1. The molecular weight excluding hydrogens is 431 g/mol. The summed E-state index contributed by atoms with van der Waals surface area (Å²) in [6.45, 7) is 8.21. The van der Waals surface area contributed by atoms with Crippen LogP contribution in [0.2, 0.25) is 0 Å². The van der Waals surface area contributed by atoms with Gasteiger partial charge in [0.05, 0.1) is 16.0 Å². The Morgan fingerprint density at radius 1 is 0.906 bits per heavy atom. The Hall–Kier alpha value is -2.91. The summed E-state index contributed by atoms with van der Waals surface area (Å²) < 4.78 is 42.4. The standard InChI is InChI=1S/C23H25FN4O3S/c1-14-11-15(2)17(4)22(16(14)3)32(30,31)28-9-7-27(8-10-28)23(29)19-12-18(24)13-20-21(19)26-6-5-25-20/h5-6,11-13H,7-10H2,1-4H3. The highest BCUT2D eigenvalue weighted by Gasteiger charge is 2.33. The predicted molar refractivity (Wildman–Crippen MR) is 120 cm³/mol. The molecule has 1 aromatic heterocycles. The number of piperazine rings is 1. The minimum atomic E-state index is -3.71. The lowest BCUT2D eigenvalue weighted by atomic mass is 10.0. The first kappa shape index (κ1) is 22.3. The highest BCUT2D eigenvalue weighted by Crippen LogP contribution is 2.29. The summed E-state index contributed by atoms with van der Waals surface area (Å²) in [7, 11) is -3.71. The summed E-state index contributed by atoms with van der Waals surface area (Å²) in [6.07, 6.45) is 2.90. The fourth-order valence-corrected chi connectivity index (χ4v) is 6.20. The summed E-state index contributed by atoms with van der Waals surface area (Å²) in [5.74, 6) is -0.950. The Balaban J connectivity index is 1.59. The van der Waals surface area contributed by atoms with E-state index in [1.807, 2.05) is 33.8 Å². The van der Waals surface area contributed by atoms with Gasteiger partial charge in [-0.15, -0.1) is 0 Å². The van der Waals surface area contributed by atoms with Gasteiger partial charge < -0.3 is 4.90 Å². The largest absolute Gasteiger partial charge is 0.336 e. The van der Waals surface area contributed by atoms with Crippen LogP contribution in [-0.2, 0) is 10.0 Å². The fraction of sp³-hybridized carbons (Fsp3) is 0.348. The van der Waals surface area contributed by atoms with Crippen molar-refractivity contribution in [2.45, 2.75) is 32.6 Å². The van der Waals surface area contributed by atoms with E-state index in [4.69, 9.17) is 0 Å². The molecule has 1 fully saturated rings. The number of carbonyl (C=O) groups is 1. The zero-order chi connectivity index (χ0) is 23.2. The van der Waals surface area contributed by atoms with Gasteiger partial charge in [0.25, 0.3) is 5.91 Å². The van der Waals surface area contributed by atoms with Crippen molar-refractivity contribution in [2.75, 3.05) is 26.2 Å². The van der Waals surface area contributed by atoms with E-state index in [0.29, 0.717) is 15.9 Å². The molecule has 1 aliphatic heterocycles. The Morgan fingerprint density at radius 2 is 1.50 bits per heavy atom. The van der Waals surface area contributed by atoms with Crippen LogP contribution in [0.15, 0.2) is 35.5 Å². The van der Waals surface area contributed by atoms with Crippen molar-refractivity contribution in [3.8, 4) is 0 Å². The lowest BCUT2D eigenvalue weighted by Gasteiger charge is -2.35. The maximum absolute atomic E-state index is 14.0. The quantitative estimate of drug-likeness (QED) is 0.605. The average molecular weight is 457 g/mol. The molecule has 0 spiro atoms. The molecule has 4 rings (SSSR count). The van der Waals surface area contributed by atoms with Crippen LogP contribution in [0.25, 0.3) is 11.0 Å². The Labute approximate surface area is 186 Å². The number of hydrogen-bond donors (Lipinski definition) is 0. The van der Waals surface area contributed by atoms with E-state index in [1.54, 1.807) is 0 Å². The molecule has 0 unspecified atom stereocenters. The molecule has 0 atom stereocenters.